The van der Waals surface area contributed by atoms with E-state index in [4.69, 9.17) is 16.3 Å². The van der Waals surface area contributed by atoms with Crippen molar-refractivity contribution in [2.24, 2.45) is 5.92 Å². The summed E-state index contributed by atoms with van der Waals surface area (Å²) in [5.41, 5.74) is 2.07. The highest BCUT2D eigenvalue weighted by Gasteiger charge is 2.33. The summed E-state index contributed by atoms with van der Waals surface area (Å²) in [6.07, 6.45) is 2.90. The summed E-state index contributed by atoms with van der Waals surface area (Å²) in [5, 5.41) is 2.76. The van der Waals surface area contributed by atoms with Crippen LogP contribution in [0.1, 0.15) is 42.3 Å². The van der Waals surface area contributed by atoms with Crippen molar-refractivity contribution in [1.82, 2.24) is 9.80 Å². The van der Waals surface area contributed by atoms with Crippen LogP contribution < -0.4 is 4.74 Å². The van der Waals surface area contributed by atoms with Crippen molar-refractivity contribution in [3.8, 4) is 5.75 Å². The summed E-state index contributed by atoms with van der Waals surface area (Å²) < 4.78 is 6.10. The first kappa shape index (κ1) is 24.3. The van der Waals surface area contributed by atoms with E-state index in [1.54, 1.807) is 22.3 Å². The number of hydrogen-bond acceptors (Lipinski definition) is 4. The second kappa shape index (κ2) is 11.0. The van der Waals surface area contributed by atoms with Crippen molar-refractivity contribution in [2.45, 2.75) is 39.7 Å². The molecule has 2 heterocycles. The highest BCUT2D eigenvalue weighted by Crippen LogP contribution is 2.34. The maximum atomic E-state index is 13.4. The minimum atomic E-state index is -0.195. The molecule has 1 atom stereocenters. The molecule has 0 spiro atoms. The summed E-state index contributed by atoms with van der Waals surface area (Å²) in [6, 6.07) is 7.45. The van der Waals surface area contributed by atoms with Gasteiger partial charge in [-0.3, -0.25) is 9.59 Å². The van der Waals surface area contributed by atoms with Gasteiger partial charge >= 0.3 is 0 Å². The third-order valence-electron chi connectivity index (χ3n) is 5.56. The summed E-state index contributed by atoms with van der Waals surface area (Å²) >= 11 is 7.85. The zero-order valence-corrected chi connectivity index (χ0v) is 20.5. The second-order valence-electron chi connectivity index (χ2n) is 8.53. The van der Waals surface area contributed by atoms with E-state index in [1.807, 2.05) is 43.9 Å². The van der Waals surface area contributed by atoms with Gasteiger partial charge in [0.25, 0.3) is 0 Å². The molecule has 2 aromatic rings. The lowest BCUT2D eigenvalue weighted by Gasteiger charge is -2.37. The normalized spacial score (nSPS) is 15.4. The minimum absolute atomic E-state index is 0.0223. The first-order valence-corrected chi connectivity index (χ1v) is 12.2. The summed E-state index contributed by atoms with van der Waals surface area (Å²) in [5.74, 6) is 0.868. The smallest absolute Gasteiger partial charge is 0.242 e. The third-order valence-corrected chi connectivity index (χ3v) is 6.98. The highest BCUT2D eigenvalue weighted by atomic mass is 35.5. The number of carbonyl (C=O) groups is 2. The van der Waals surface area contributed by atoms with E-state index in [0.29, 0.717) is 31.1 Å². The molecule has 0 radical (unpaired) electrons. The standard InChI is InChI=1S/C25H31ClN2O3S/c1-5-10-27(24(29)13-17(2)3)15-25(30)28-11-8-23-20(9-12-32-23)22(28)16-31-19-6-7-21(26)18(4)14-19/h5-7,9,12,14,17,22H,1,8,10-11,13,15-16H2,2-4H3. The molecule has 2 amide bonds. The second-order valence-corrected chi connectivity index (χ2v) is 9.94. The Morgan fingerprint density at radius 2 is 2.16 bits per heavy atom. The van der Waals surface area contributed by atoms with Gasteiger partial charge in [-0.25, -0.2) is 0 Å². The van der Waals surface area contributed by atoms with Gasteiger partial charge in [0.1, 0.15) is 18.9 Å². The van der Waals surface area contributed by atoms with Gasteiger partial charge in [0.2, 0.25) is 11.8 Å². The molecule has 172 valence electrons. The largest absolute Gasteiger partial charge is 0.491 e. The molecule has 0 saturated carbocycles. The van der Waals surface area contributed by atoms with Crippen LogP contribution in [0, 0.1) is 12.8 Å². The van der Waals surface area contributed by atoms with Gasteiger partial charge in [0, 0.05) is 29.4 Å². The van der Waals surface area contributed by atoms with Gasteiger partial charge in [-0.15, -0.1) is 17.9 Å². The summed E-state index contributed by atoms with van der Waals surface area (Å²) in [7, 11) is 0. The van der Waals surface area contributed by atoms with Crippen LogP contribution in [0.3, 0.4) is 0 Å². The molecule has 0 N–H and O–H groups in total. The molecule has 1 aliphatic rings. The van der Waals surface area contributed by atoms with E-state index in [-0.39, 0.29) is 30.3 Å². The molecule has 0 saturated heterocycles. The number of hydrogen-bond donors (Lipinski definition) is 0. The monoisotopic (exact) mass is 474 g/mol. The Morgan fingerprint density at radius 1 is 1.38 bits per heavy atom. The van der Waals surface area contributed by atoms with Crippen molar-refractivity contribution < 1.29 is 14.3 Å². The van der Waals surface area contributed by atoms with Crippen molar-refractivity contribution in [3.05, 3.63) is 63.3 Å². The topological polar surface area (TPSA) is 49.9 Å². The van der Waals surface area contributed by atoms with Crippen molar-refractivity contribution in [3.63, 3.8) is 0 Å². The average molecular weight is 475 g/mol. The van der Waals surface area contributed by atoms with Crippen LogP contribution in [0.15, 0.2) is 42.3 Å². The van der Waals surface area contributed by atoms with Crippen LogP contribution in [0.4, 0.5) is 0 Å². The Hall–Kier alpha value is -2.31. The molecule has 1 aliphatic heterocycles. The molecule has 0 bridgehead atoms. The number of ether oxygens (including phenoxy) is 1. The van der Waals surface area contributed by atoms with E-state index in [0.717, 1.165) is 23.3 Å². The molecule has 1 aromatic carbocycles. The number of amides is 2. The number of carbonyl (C=O) groups excluding carboxylic acids is 2. The molecule has 5 nitrogen and oxygen atoms in total. The van der Waals surface area contributed by atoms with E-state index >= 15 is 0 Å². The number of nitrogens with zero attached hydrogens (tertiary/aromatic N) is 2. The lowest BCUT2D eigenvalue weighted by atomic mass is 10.00. The Balaban J connectivity index is 1.76. The zero-order valence-electron chi connectivity index (χ0n) is 19.0. The molecular weight excluding hydrogens is 444 g/mol. The number of halogens is 1. The maximum Gasteiger partial charge on any atom is 0.242 e. The van der Waals surface area contributed by atoms with E-state index < -0.39 is 0 Å². The van der Waals surface area contributed by atoms with Gasteiger partial charge in [0.05, 0.1) is 6.04 Å². The van der Waals surface area contributed by atoms with Crippen molar-refractivity contribution >= 4 is 34.8 Å². The van der Waals surface area contributed by atoms with Gasteiger partial charge < -0.3 is 14.5 Å². The number of aryl methyl sites for hydroxylation is 1. The zero-order chi connectivity index (χ0) is 23.3. The van der Waals surface area contributed by atoms with Gasteiger partial charge in [-0.2, -0.15) is 0 Å². The lowest BCUT2D eigenvalue weighted by molar-refractivity contribution is -0.142. The van der Waals surface area contributed by atoms with Crippen LogP contribution in [-0.2, 0) is 16.0 Å². The predicted molar refractivity (Wildman–Crippen MR) is 130 cm³/mol. The third kappa shape index (κ3) is 5.93. The minimum Gasteiger partial charge on any atom is -0.491 e. The van der Waals surface area contributed by atoms with Gasteiger partial charge in [-0.05, 0) is 60.0 Å². The Kier molecular flexibility index (Phi) is 8.38. The van der Waals surface area contributed by atoms with Gasteiger partial charge in [-0.1, -0.05) is 31.5 Å². The van der Waals surface area contributed by atoms with Crippen LogP contribution in [0.2, 0.25) is 5.02 Å². The average Bonchev–Trinajstić information content (AvgIpc) is 3.22. The van der Waals surface area contributed by atoms with Crippen LogP contribution in [-0.4, -0.2) is 47.9 Å². The Labute approximate surface area is 199 Å². The molecule has 3 rings (SSSR count). The molecule has 0 fully saturated rings. The fourth-order valence-corrected chi connectivity index (χ4v) is 4.95. The SMILES string of the molecule is C=CCN(CC(=O)N1CCc2sccc2C1COc1ccc(Cl)c(C)c1)C(=O)CC(C)C. The lowest BCUT2D eigenvalue weighted by Crippen LogP contribution is -2.48. The van der Waals surface area contributed by atoms with Crippen LogP contribution in [0.5, 0.6) is 5.75 Å². The molecular formula is C25H31ClN2O3S. The highest BCUT2D eigenvalue weighted by molar-refractivity contribution is 7.10. The first-order valence-electron chi connectivity index (χ1n) is 10.9. The fraction of sp³-hybridized carbons (Fsp3) is 0.440. The van der Waals surface area contributed by atoms with Gasteiger partial charge in [0.15, 0.2) is 0 Å². The quantitative estimate of drug-likeness (QED) is 0.465. The number of benzene rings is 1. The van der Waals surface area contributed by atoms with Crippen molar-refractivity contribution in [2.75, 3.05) is 26.2 Å². The van der Waals surface area contributed by atoms with E-state index in [9.17, 15) is 9.59 Å². The maximum absolute atomic E-state index is 13.4. The van der Waals surface area contributed by atoms with E-state index in [2.05, 4.69) is 18.0 Å². The molecule has 1 aromatic heterocycles. The summed E-state index contributed by atoms with van der Waals surface area (Å²) in [4.78, 5) is 30.7. The van der Waals surface area contributed by atoms with E-state index in [1.165, 1.54) is 4.88 Å². The molecule has 0 aliphatic carbocycles. The van der Waals surface area contributed by atoms with Crippen molar-refractivity contribution in [1.29, 1.82) is 0 Å². The predicted octanol–water partition coefficient (Wildman–Crippen LogP) is 5.28. The number of thiophene rings is 1. The molecule has 32 heavy (non-hydrogen) atoms. The molecule has 7 heteroatoms. The number of rotatable bonds is 9. The Morgan fingerprint density at radius 3 is 2.84 bits per heavy atom. The molecule has 1 unspecified atom stereocenters. The van der Waals surface area contributed by atoms with Crippen LogP contribution in [0.25, 0.3) is 0 Å². The number of fused-ring (bicyclic) bond motifs is 1. The van der Waals surface area contributed by atoms with Crippen LogP contribution >= 0.6 is 22.9 Å². The summed E-state index contributed by atoms with van der Waals surface area (Å²) in [6.45, 7) is 11.1. The first-order chi connectivity index (χ1) is 15.3. The fourth-order valence-electron chi connectivity index (χ4n) is 3.90. The Bertz CT molecular complexity index is 972.